The van der Waals surface area contributed by atoms with E-state index in [4.69, 9.17) is 4.74 Å². The Kier molecular flexibility index (Phi) is 5.59. The number of ether oxygens (including phenoxy) is 1. The Hall–Kier alpha value is -1.59. The lowest BCUT2D eigenvalue weighted by Crippen LogP contribution is -2.39. The van der Waals surface area contributed by atoms with Gasteiger partial charge in [-0.3, -0.25) is 0 Å². The quantitative estimate of drug-likeness (QED) is 0.897. The van der Waals surface area contributed by atoms with Crippen molar-refractivity contribution in [2.24, 2.45) is 0 Å². The average molecular weight is 292 g/mol. The second-order valence-electron chi connectivity index (χ2n) is 5.60. The first-order chi connectivity index (χ1) is 10.1. The van der Waals surface area contributed by atoms with Crippen LogP contribution in [0.2, 0.25) is 0 Å². The third-order valence-corrected chi connectivity index (χ3v) is 3.74. The molecule has 1 aliphatic rings. The lowest BCUT2D eigenvalue weighted by molar-refractivity contribution is 0.00463. The van der Waals surface area contributed by atoms with E-state index in [-0.39, 0.29) is 12.1 Å². The van der Waals surface area contributed by atoms with Gasteiger partial charge < -0.3 is 20.1 Å². The van der Waals surface area contributed by atoms with Crippen LogP contribution in [0.5, 0.6) is 0 Å². The van der Waals surface area contributed by atoms with Gasteiger partial charge in [0.2, 0.25) is 0 Å². The first kappa shape index (κ1) is 15.8. The summed E-state index contributed by atoms with van der Waals surface area (Å²) in [6.45, 7) is 3.12. The number of nitrogens with zero attached hydrogens (tertiary/aromatic N) is 1. The molecule has 0 spiro atoms. The number of hydrogen-bond acceptors (Lipinski definition) is 3. The number of nitrogens with one attached hydrogen (secondary N) is 1. The molecule has 2 atom stereocenters. The fourth-order valence-electron chi connectivity index (χ4n) is 2.40. The van der Waals surface area contributed by atoms with Crippen molar-refractivity contribution in [2.75, 3.05) is 25.5 Å². The number of carbonyl (C=O) groups is 1. The largest absolute Gasteiger partial charge is 0.389 e. The van der Waals surface area contributed by atoms with Gasteiger partial charge in [0.05, 0.1) is 12.2 Å². The molecule has 1 heterocycles. The minimum Gasteiger partial charge on any atom is -0.389 e. The number of aliphatic hydroxyl groups excluding tert-OH is 1. The third-order valence-electron chi connectivity index (χ3n) is 3.74. The molecule has 1 saturated heterocycles. The predicted octanol–water partition coefficient (Wildman–Crippen LogP) is 2.77. The van der Waals surface area contributed by atoms with E-state index >= 15 is 0 Å². The van der Waals surface area contributed by atoms with Crippen LogP contribution in [0.4, 0.5) is 10.5 Å². The van der Waals surface area contributed by atoms with Crippen molar-refractivity contribution in [3.05, 3.63) is 29.8 Å². The van der Waals surface area contributed by atoms with Gasteiger partial charge in [-0.2, -0.15) is 0 Å². The fourth-order valence-corrected chi connectivity index (χ4v) is 2.40. The predicted molar refractivity (Wildman–Crippen MR) is 82.3 cm³/mol. The molecule has 0 aromatic heterocycles. The van der Waals surface area contributed by atoms with Crippen molar-refractivity contribution >= 4 is 11.7 Å². The van der Waals surface area contributed by atoms with Crippen LogP contribution in [0.25, 0.3) is 0 Å². The minimum atomic E-state index is -0.499. The van der Waals surface area contributed by atoms with E-state index < -0.39 is 6.10 Å². The highest BCUT2D eigenvalue weighted by atomic mass is 16.5. The lowest BCUT2D eigenvalue weighted by atomic mass is 10.1. The van der Waals surface area contributed by atoms with Crippen molar-refractivity contribution in [3.63, 3.8) is 0 Å². The van der Waals surface area contributed by atoms with Gasteiger partial charge in [-0.25, -0.2) is 4.79 Å². The molecule has 0 bridgehead atoms. The standard InChI is InChI=1S/C16H24N2O3/c1-12(19)13-6-8-14(9-7-13)17-16(20)18(2)11-15-5-3-4-10-21-15/h6-9,12,15,19H,3-5,10-11H2,1-2H3,(H,17,20). The molecular formula is C16H24N2O3. The number of rotatable bonds is 4. The lowest BCUT2D eigenvalue weighted by Gasteiger charge is -2.27. The van der Waals surface area contributed by atoms with Crippen LogP contribution >= 0.6 is 0 Å². The number of urea groups is 1. The summed E-state index contributed by atoms with van der Waals surface area (Å²) in [5.41, 5.74) is 1.55. The number of hydrogen-bond donors (Lipinski definition) is 2. The van der Waals surface area contributed by atoms with Gasteiger partial charge in [0.1, 0.15) is 0 Å². The summed E-state index contributed by atoms with van der Waals surface area (Å²) in [6, 6.07) is 7.07. The van der Waals surface area contributed by atoms with Crippen LogP contribution in [0.15, 0.2) is 24.3 Å². The maximum absolute atomic E-state index is 12.1. The molecule has 2 rings (SSSR count). The van der Waals surface area contributed by atoms with Crippen LogP contribution in [0, 0.1) is 0 Å². The Morgan fingerprint density at radius 1 is 1.43 bits per heavy atom. The van der Waals surface area contributed by atoms with Gasteiger partial charge in [-0.15, -0.1) is 0 Å². The monoisotopic (exact) mass is 292 g/mol. The van der Waals surface area contributed by atoms with E-state index in [2.05, 4.69) is 5.32 Å². The highest BCUT2D eigenvalue weighted by Gasteiger charge is 2.18. The molecule has 1 aromatic carbocycles. The SMILES string of the molecule is CC(O)c1ccc(NC(=O)N(C)CC2CCCCO2)cc1. The highest BCUT2D eigenvalue weighted by molar-refractivity contribution is 5.89. The van der Waals surface area contributed by atoms with Gasteiger partial charge in [0, 0.05) is 25.9 Å². The van der Waals surface area contributed by atoms with Gasteiger partial charge in [0.15, 0.2) is 0 Å². The molecule has 1 aromatic rings. The van der Waals surface area contributed by atoms with E-state index in [1.807, 2.05) is 12.1 Å². The topological polar surface area (TPSA) is 61.8 Å². The van der Waals surface area contributed by atoms with E-state index in [0.717, 1.165) is 30.7 Å². The molecule has 1 aliphatic heterocycles. The molecule has 116 valence electrons. The Bertz CT molecular complexity index is 453. The smallest absolute Gasteiger partial charge is 0.321 e. The Balaban J connectivity index is 1.84. The number of likely N-dealkylation sites (N-methyl/N-ethyl adjacent to an activating group) is 1. The van der Waals surface area contributed by atoms with Crippen molar-refractivity contribution < 1.29 is 14.6 Å². The summed E-state index contributed by atoms with van der Waals surface area (Å²) in [4.78, 5) is 13.8. The Morgan fingerprint density at radius 3 is 2.71 bits per heavy atom. The molecule has 0 saturated carbocycles. The molecule has 1 fully saturated rings. The van der Waals surface area contributed by atoms with Gasteiger partial charge >= 0.3 is 6.03 Å². The van der Waals surface area contributed by atoms with Crippen LogP contribution in [-0.2, 0) is 4.74 Å². The summed E-state index contributed by atoms with van der Waals surface area (Å²) >= 11 is 0. The van der Waals surface area contributed by atoms with Crippen molar-refractivity contribution in [1.29, 1.82) is 0 Å². The van der Waals surface area contributed by atoms with Crippen molar-refractivity contribution in [3.8, 4) is 0 Å². The summed E-state index contributed by atoms with van der Waals surface area (Å²) in [5, 5.41) is 12.3. The molecule has 2 amide bonds. The van der Waals surface area contributed by atoms with Crippen LogP contribution < -0.4 is 5.32 Å². The van der Waals surface area contributed by atoms with E-state index in [1.54, 1.807) is 31.0 Å². The zero-order valence-electron chi connectivity index (χ0n) is 12.7. The molecule has 5 nitrogen and oxygen atoms in total. The number of amides is 2. The molecule has 5 heteroatoms. The minimum absolute atomic E-state index is 0.144. The van der Waals surface area contributed by atoms with Crippen LogP contribution in [0.3, 0.4) is 0 Å². The Labute approximate surface area is 125 Å². The normalized spacial score (nSPS) is 19.9. The molecule has 0 radical (unpaired) electrons. The summed E-state index contributed by atoms with van der Waals surface area (Å²) in [6.07, 6.45) is 2.94. The fraction of sp³-hybridized carbons (Fsp3) is 0.562. The molecule has 2 N–H and O–H groups in total. The van der Waals surface area contributed by atoms with Gasteiger partial charge in [0.25, 0.3) is 0 Å². The first-order valence-corrected chi connectivity index (χ1v) is 7.48. The number of anilines is 1. The summed E-state index contributed by atoms with van der Waals surface area (Å²) < 4.78 is 5.64. The van der Waals surface area contributed by atoms with E-state index in [0.29, 0.717) is 6.54 Å². The molecule has 21 heavy (non-hydrogen) atoms. The number of benzene rings is 1. The molecule has 2 unspecified atom stereocenters. The van der Waals surface area contributed by atoms with Crippen molar-refractivity contribution in [2.45, 2.75) is 38.4 Å². The Morgan fingerprint density at radius 2 is 2.14 bits per heavy atom. The molecule has 0 aliphatic carbocycles. The highest BCUT2D eigenvalue weighted by Crippen LogP contribution is 2.17. The van der Waals surface area contributed by atoms with E-state index in [9.17, 15) is 9.90 Å². The number of aliphatic hydroxyl groups is 1. The van der Waals surface area contributed by atoms with E-state index in [1.165, 1.54) is 6.42 Å². The van der Waals surface area contributed by atoms with Crippen LogP contribution in [-0.4, -0.2) is 42.3 Å². The molecular weight excluding hydrogens is 268 g/mol. The van der Waals surface area contributed by atoms with Crippen molar-refractivity contribution in [1.82, 2.24) is 4.90 Å². The second kappa shape index (κ2) is 7.43. The maximum atomic E-state index is 12.1. The zero-order valence-corrected chi connectivity index (χ0v) is 12.7. The number of carbonyl (C=O) groups excluding carboxylic acids is 1. The van der Waals surface area contributed by atoms with Crippen LogP contribution in [0.1, 0.15) is 37.9 Å². The van der Waals surface area contributed by atoms with Gasteiger partial charge in [-0.1, -0.05) is 12.1 Å². The first-order valence-electron chi connectivity index (χ1n) is 7.48. The summed E-state index contributed by atoms with van der Waals surface area (Å²) in [5.74, 6) is 0. The second-order valence-corrected chi connectivity index (χ2v) is 5.60. The summed E-state index contributed by atoms with van der Waals surface area (Å²) in [7, 11) is 1.78. The van der Waals surface area contributed by atoms with Gasteiger partial charge in [-0.05, 0) is 43.9 Å². The average Bonchev–Trinajstić information content (AvgIpc) is 2.48. The third kappa shape index (κ3) is 4.72. The maximum Gasteiger partial charge on any atom is 0.321 e. The zero-order chi connectivity index (χ0) is 15.2.